The Kier molecular flexibility index (Phi) is 7.41. The largest absolute Gasteiger partial charge is 0.449 e. The molecular weight excluding hydrogens is 424 g/mol. The maximum atomic E-state index is 13.2. The van der Waals surface area contributed by atoms with Crippen LogP contribution in [0.4, 0.5) is 0 Å². The number of pyridine rings is 1. The number of benzene rings is 2. The summed E-state index contributed by atoms with van der Waals surface area (Å²) in [5, 5.41) is 3.61. The number of para-hydroxylation sites is 1. The predicted octanol–water partition coefficient (Wildman–Crippen LogP) is 6.07. The normalized spacial score (nSPS) is 14.4. The summed E-state index contributed by atoms with van der Waals surface area (Å²) in [6.07, 6.45) is 6.95. The molecule has 34 heavy (non-hydrogen) atoms. The van der Waals surface area contributed by atoms with Crippen LogP contribution in [0.5, 0.6) is 0 Å². The molecule has 1 aromatic heterocycles. The molecule has 1 aliphatic carbocycles. The van der Waals surface area contributed by atoms with Crippen molar-refractivity contribution in [2.75, 3.05) is 6.54 Å². The number of carbonyl (C=O) groups excluding carboxylic acids is 2. The average molecular weight is 457 g/mol. The third-order valence-corrected chi connectivity index (χ3v) is 6.38. The fourth-order valence-corrected chi connectivity index (χ4v) is 4.48. The van der Waals surface area contributed by atoms with E-state index in [0.29, 0.717) is 28.7 Å². The molecule has 0 saturated heterocycles. The van der Waals surface area contributed by atoms with Crippen molar-refractivity contribution in [2.45, 2.75) is 59.0 Å². The van der Waals surface area contributed by atoms with Crippen molar-refractivity contribution in [2.24, 2.45) is 0 Å². The lowest BCUT2D eigenvalue weighted by atomic mass is 9.97. The van der Waals surface area contributed by atoms with Crippen molar-refractivity contribution in [3.05, 3.63) is 76.9 Å². The van der Waals surface area contributed by atoms with Gasteiger partial charge in [-0.1, -0.05) is 53.6 Å². The third-order valence-electron chi connectivity index (χ3n) is 6.38. The second-order valence-electron chi connectivity index (χ2n) is 9.09. The van der Waals surface area contributed by atoms with E-state index < -0.39 is 12.1 Å². The van der Waals surface area contributed by atoms with E-state index in [1.54, 1.807) is 13.0 Å². The first-order valence-electron chi connectivity index (χ1n) is 12.1. The molecule has 1 atom stereocenters. The van der Waals surface area contributed by atoms with E-state index in [1.807, 2.05) is 50.2 Å². The number of nitrogens with zero attached hydrogens (tertiary/aromatic N) is 1. The van der Waals surface area contributed by atoms with Crippen LogP contribution in [0.25, 0.3) is 22.2 Å². The molecule has 176 valence electrons. The zero-order valence-corrected chi connectivity index (χ0v) is 20.2. The van der Waals surface area contributed by atoms with E-state index in [0.717, 1.165) is 30.4 Å². The zero-order chi connectivity index (χ0) is 24.1. The van der Waals surface area contributed by atoms with Crippen molar-refractivity contribution < 1.29 is 14.3 Å². The van der Waals surface area contributed by atoms with Gasteiger partial charge in [-0.05, 0) is 70.6 Å². The number of hydrogen-bond acceptors (Lipinski definition) is 4. The molecule has 5 heteroatoms. The molecule has 0 fully saturated rings. The van der Waals surface area contributed by atoms with Crippen molar-refractivity contribution in [3.8, 4) is 11.3 Å². The number of rotatable bonds is 7. The Morgan fingerprint density at radius 3 is 2.68 bits per heavy atom. The molecule has 0 radical (unpaired) electrons. The van der Waals surface area contributed by atoms with Gasteiger partial charge in [0.15, 0.2) is 6.10 Å². The molecular formula is C29H32N2O3. The van der Waals surface area contributed by atoms with E-state index >= 15 is 0 Å². The fourth-order valence-electron chi connectivity index (χ4n) is 4.48. The van der Waals surface area contributed by atoms with E-state index in [1.165, 1.54) is 24.0 Å². The highest BCUT2D eigenvalue weighted by atomic mass is 16.5. The number of hydrogen-bond donors (Lipinski definition) is 1. The standard InChI is InChI=1S/C29H32N2O3/c1-19-13-14-23(20(2)17-19)27-18-25(24-11-7-8-12-26(24)31-27)29(33)34-21(3)28(32)30-16-15-22-9-5-4-6-10-22/h7-9,11-14,17-18,21H,4-6,10,15-16H2,1-3H3,(H,30,32)/t21-/m1/s1. The van der Waals surface area contributed by atoms with Gasteiger partial charge in [-0.15, -0.1) is 0 Å². The van der Waals surface area contributed by atoms with Gasteiger partial charge in [0.05, 0.1) is 16.8 Å². The van der Waals surface area contributed by atoms with Crippen molar-refractivity contribution in [1.29, 1.82) is 0 Å². The summed E-state index contributed by atoms with van der Waals surface area (Å²) in [6, 6.07) is 15.4. The van der Waals surface area contributed by atoms with Gasteiger partial charge in [-0.2, -0.15) is 0 Å². The Morgan fingerprint density at radius 2 is 1.91 bits per heavy atom. The number of nitrogens with one attached hydrogen (secondary N) is 1. The minimum absolute atomic E-state index is 0.280. The summed E-state index contributed by atoms with van der Waals surface area (Å²) >= 11 is 0. The maximum absolute atomic E-state index is 13.2. The molecule has 4 rings (SSSR count). The van der Waals surface area contributed by atoms with Crippen LogP contribution in [0.1, 0.15) is 60.5 Å². The number of carbonyl (C=O) groups is 2. The van der Waals surface area contributed by atoms with Gasteiger partial charge in [0.1, 0.15) is 0 Å². The lowest BCUT2D eigenvalue weighted by Crippen LogP contribution is -2.36. The molecule has 5 nitrogen and oxygen atoms in total. The Morgan fingerprint density at radius 1 is 1.09 bits per heavy atom. The summed E-state index contributed by atoms with van der Waals surface area (Å²) in [5.41, 5.74) is 6.45. The highest BCUT2D eigenvalue weighted by molar-refractivity contribution is 6.05. The molecule has 1 heterocycles. The first-order valence-corrected chi connectivity index (χ1v) is 12.1. The van der Waals surface area contributed by atoms with E-state index in [9.17, 15) is 9.59 Å². The van der Waals surface area contributed by atoms with Crippen LogP contribution in [-0.4, -0.2) is 29.5 Å². The third kappa shape index (κ3) is 5.53. The lowest BCUT2D eigenvalue weighted by molar-refractivity contribution is -0.129. The predicted molar refractivity (Wildman–Crippen MR) is 136 cm³/mol. The molecule has 0 unspecified atom stereocenters. The minimum atomic E-state index is -0.885. The number of aryl methyl sites for hydroxylation is 2. The van der Waals surface area contributed by atoms with Crippen LogP contribution in [-0.2, 0) is 9.53 Å². The summed E-state index contributed by atoms with van der Waals surface area (Å²) in [7, 11) is 0. The summed E-state index contributed by atoms with van der Waals surface area (Å²) in [5.74, 6) is -0.806. The van der Waals surface area contributed by atoms with Crippen LogP contribution in [0, 0.1) is 13.8 Å². The Labute approximate surface area is 201 Å². The van der Waals surface area contributed by atoms with Crippen LogP contribution >= 0.6 is 0 Å². The molecule has 1 N–H and O–H groups in total. The van der Waals surface area contributed by atoms with Crippen molar-refractivity contribution in [3.63, 3.8) is 0 Å². The van der Waals surface area contributed by atoms with Crippen LogP contribution < -0.4 is 5.32 Å². The number of esters is 1. The second-order valence-corrected chi connectivity index (χ2v) is 9.09. The second kappa shape index (κ2) is 10.6. The van der Waals surface area contributed by atoms with Gasteiger partial charge in [0.2, 0.25) is 0 Å². The summed E-state index contributed by atoms with van der Waals surface area (Å²) in [4.78, 5) is 30.5. The molecule has 0 aliphatic heterocycles. The minimum Gasteiger partial charge on any atom is -0.449 e. The van der Waals surface area contributed by atoms with Gasteiger partial charge in [0, 0.05) is 17.5 Å². The highest BCUT2D eigenvalue weighted by Gasteiger charge is 2.22. The number of aromatic nitrogens is 1. The van der Waals surface area contributed by atoms with Crippen LogP contribution in [0.15, 0.2) is 60.2 Å². The Balaban J connectivity index is 1.51. The summed E-state index contributed by atoms with van der Waals surface area (Å²) in [6.45, 7) is 6.25. The zero-order valence-electron chi connectivity index (χ0n) is 20.2. The maximum Gasteiger partial charge on any atom is 0.339 e. The molecule has 1 aliphatic rings. The SMILES string of the molecule is Cc1ccc(-c2cc(C(=O)O[C@H](C)C(=O)NCCC3=CCCCC3)c3ccccc3n2)c(C)c1. The van der Waals surface area contributed by atoms with E-state index in [2.05, 4.69) is 17.5 Å². The molecule has 0 spiro atoms. The Bertz CT molecular complexity index is 1250. The Hall–Kier alpha value is -3.47. The van der Waals surface area contributed by atoms with Gasteiger partial charge < -0.3 is 10.1 Å². The van der Waals surface area contributed by atoms with Gasteiger partial charge in [-0.3, -0.25) is 4.79 Å². The average Bonchev–Trinajstić information content (AvgIpc) is 2.84. The van der Waals surface area contributed by atoms with Gasteiger partial charge in [-0.25, -0.2) is 9.78 Å². The number of amides is 1. The van der Waals surface area contributed by atoms with Crippen LogP contribution in [0.2, 0.25) is 0 Å². The smallest absolute Gasteiger partial charge is 0.339 e. The highest BCUT2D eigenvalue weighted by Crippen LogP contribution is 2.28. The summed E-state index contributed by atoms with van der Waals surface area (Å²) < 4.78 is 5.60. The number of ether oxygens (including phenoxy) is 1. The molecule has 1 amide bonds. The number of fused-ring (bicyclic) bond motifs is 1. The van der Waals surface area contributed by atoms with E-state index in [-0.39, 0.29) is 5.91 Å². The molecule has 0 saturated carbocycles. The van der Waals surface area contributed by atoms with Crippen molar-refractivity contribution in [1.82, 2.24) is 10.3 Å². The first kappa shape index (κ1) is 23.7. The lowest BCUT2D eigenvalue weighted by Gasteiger charge is -2.16. The monoisotopic (exact) mass is 456 g/mol. The fraction of sp³-hybridized carbons (Fsp3) is 0.345. The topological polar surface area (TPSA) is 68.3 Å². The molecule has 3 aromatic rings. The van der Waals surface area contributed by atoms with Gasteiger partial charge >= 0.3 is 5.97 Å². The first-order chi connectivity index (χ1) is 16.4. The quantitative estimate of drug-likeness (QED) is 0.346. The van der Waals surface area contributed by atoms with Gasteiger partial charge in [0.25, 0.3) is 5.91 Å². The van der Waals surface area contributed by atoms with Crippen LogP contribution in [0.3, 0.4) is 0 Å². The molecule has 0 bridgehead atoms. The molecule has 2 aromatic carbocycles. The number of allylic oxidation sites excluding steroid dienone is 1. The van der Waals surface area contributed by atoms with E-state index in [4.69, 9.17) is 9.72 Å². The van der Waals surface area contributed by atoms with Crippen molar-refractivity contribution >= 4 is 22.8 Å².